The fourth-order valence-electron chi connectivity index (χ4n) is 12.4. The van der Waals surface area contributed by atoms with Gasteiger partial charge in [-0.05, 0) is 112 Å². The van der Waals surface area contributed by atoms with Gasteiger partial charge < -0.3 is 0 Å². The molecule has 0 N–H and O–H groups in total. The van der Waals surface area contributed by atoms with Crippen molar-refractivity contribution >= 4 is 23.6 Å². The Balaban J connectivity index is 1.12. The van der Waals surface area contributed by atoms with Gasteiger partial charge >= 0.3 is 0 Å². The number of carbonyl (C=O) groups excluding carboxylic acids is 4. The summed E-state index contributed by atoms with van der Waals surface area (Å²) in [6, 6.07) is 0. The number of piperidine rings is 2. The maximum Gasteiger partial charge on any atom is 0.232 e. The monoisotopic (exact) mass is 578 g/mol. The summed E-state index contributed by atoms with van der Waals surface area (Å²) in [6.07, 6.45) is 16.8. The Bertz CT molecular complexity index is 936. The molecule has 6 heteroatoms. The van der Waals surface area contributed by atoms with E-state index >= 15 is 0 Å². The summed E-state index contributed by atoms with van der Waals surface area (Å²) in [6.45, 7) is 5.62. The van der Waals surface area contributed by atoms with Crippen LogP contribution < -0.4 is 0 Å². The molecule has 2 saturated heterocycles. The first-order chi connectivity index (χ1) is 20.5. The topological polar surface area (TPSA) is 74.8 Å². The van der Waals surface area contributed by atoms with Crippen molar-refractivity contribution in [3.05, 3.63) is 0 Å². The molecule has 0 aromatic heterocycles. The molecule has 7 aliphatic rings. The molecule has 232 valence electrons. The number of hydrogen-bond acceptors (Lipinski definition) is 4. The Hall–Kier alpha value is -1.72. The van der Waals surface area contributed by atoms with Gasteiger partial charge in [-0.2, -0.15) is 0 Å². The van der Waals surface area contributed by atoms with Gasteiger partial charge in [0.05, 0.1) is 0 Å². The third kappa shape index (κ3) is 4.37. The van der Waals surface area contributed by atoms with Gasteiger partial charge in [-0.3, -0.25) is 29.0 Å². The summed E-state index contributed by atoms with van der Waals surface area (Å²) >= 11 is 0. The van der Waals surface area contributed by atoms with Crippen LogP contribution in [-0.2, 0) is 19.2 Å². The minimum atomic E-state index is 0.0336. The van der Waals surface area contributed by atoms with Crippen LogP contribution in [0.5, 0.6) is 0 Å². The van der Waals surface area contributed by atoms with E-state index in [0.717, 1.165) is 103 Å². The van der Waals surface area contributed by atoms with Gasteiger partial charge in [0.15, 0.2) is 0 Å². The quantitative estimate of drug-likeness (QED) is 0.220. The van der Waals surface area contributed by atoms with Gasteiger partial charge in [0.1, 0.15) is 0 Å². The third-order valence-electron chi connectivity index (χ3n) is 13.9. The first kappa shape index (κ1) is 29.0. The van der Waals surface area contributed by atoms with Crippen LogP contribution in [0.1, 0.15) is 117 Å². The molecule has 2 heterocycles. The van der Waals surface area contributed by atoms with E-state index in [1.807, 2.05) is 0 Å². The standard InChI is InChI=1S/C36H54N2O4/c1-3-5-7-9-19-37-33(39)25-15-11-21-23-13-17-27-32-28(36(42)38(35(27)41)20-10-8-6-4-2)18-14-24(30(23)32)22-12-16-26(34(37)40)31(25)29(21)22/h21-32H,3-20H2,1-2H3. The number of nitrogens with zero attached hydrogens (tertiary/aromatic N) is 2. The lowest BCUT2D eigenvalue weighted by Crippen LogP contribution is -2.68. The lowest BCUT2D eigenvalue weighted by molar-refractivity contribution is -0.210. The molecule has 0 aromatic rings. The van der Waals surface area contributed by atoms with E-state index in [0.29, 0.717) is 48.6 Å². The SMILES string of the molecule is CCCCCCN1C(=O)C2CCC3C4CCC5C(=O)N(CCCCCC)C(=O)C6CCC(C7CCC(C1=O)C2C37)C4C56. The van der Waals surface area contributed by atoms with Crippen LogP contribution in [0.2, 0.25) is 0 Å². The summed E-state index contributed by atoms with van der Waals surface area (Å²) < 4.78 is 0. The molecule has 7 rings (SSSR count). The van der Waals surface area contributed by atoms with Crippen molar-refractivity contribution in [1.29, 1.82) is 0 Å². The highest BCUT2D eigenvalue weighted by Crippen LogP contribution is 2.69. The zero-order chi connectivity index (χ0) is 29.1. The molecule has 0 spiro atoms. The predicted molar refractivity (Wildman–Crippen MR) is 161 cm³/mol. The van der Waals surface area contributed by atoms with Gasteiger partial charge in [-0.15, -0.1) is 0 Å². The number of unbranched alkanes of at least 4 members (excludes halogenated alkanes) is 6. The van der Waals surface area contributed by atoms with Crippen LogP contribution in [0.25, 0.3) is 0 Å². The Labute approximate surface area is 253 Å². The smallest absolute Gasteiger partial charge is 0.232 e. The summed E-state index contributed by atoms with van der Waals surface area (Å²) in [5.41, 5.74) is 0. The highest BCUT2D eigenvalue weighted by Gasteiger charge is 2.67. The van der Waals surface area contributed by atoms with Crippen molar-refractivity contribution in [3.8, 4) is 0 Å². The molecule has 0 aromatic carbocycles. The highest BCUT2D eigenvalue weighted by molar-refractivity contribution is 6.01. The van der Waals surface area contributed by atoms with Crippen molar-refractivity contribution < 1.29 is 19.2 Å². The normalized spacial score (nSPS) is 43.8. The van der Waals surface area contributed by atoms with Gasteiger partial charge in [-0.25, -0.2) is 0 Å². The second-order valence-corrected chi connectivity index (χ2v) is 15.5. The van der Waals surface area contributed by atoms with E-state index in [-0.39, 0.29) is 59.1 Å². The number of imide groups is 2. The van der Waals surface area contributed by atoms with Crippen LogP contribution >= 0.6 is 0 Å². The minimum absolute atomic E-state index is 0.0336. The van der Waals surface area contributed by atoms with E-state index in [9.17, 15) is 19.2 Å². The molecule has 42 heavy (non-hydrogen) atoms. The van der Waals surface area contributed by atoms with Crippen LogP contribution in [0.15, 0.2) is 0 Å². The molecular weight excluding hydrogens is 524 g/mol. The van der Waals surface area contributed by atoms with E-state index < -0.39 is 0 Å². The molecule has 5 aliphatic carbocycles. The number of likely N-dealkylation sites (tertiary alicyclic amines) is 2. The lowest BCUT2D eigenvalue weighted by Gasteiger charge is -2.67. The number of rotatable bonds is 10. The lowest BCUT2D eigenvalue weighted by atomic mass is 9.38. The van der Waals surface area contributed by atoms with Crippen molar-refractivity contribution in [2.45, 2.75) is 117 Å². The molecular formula is C36H54N2O4. The molecule has 2 aliphatic heterocycles. The fourth-order valence-corrected chi connectivity index (χ4v) is 12.4. The first-order valence-electron chi connectivity index (χ1n) is 18.2. The molecule has 8 unspecified atom stereocenters. The largest absolute Gasteiger partial charge is 0.282 e. The molecule has 4 amide bonds. The van der Waals surface area contributed by atoms with Gasteiger partial charge in [0.25, 0.3) is 0 Å². The average molecular weight is 579 g/mol. The Morgan fingerprint density at radius 3 is 1.02 bits per heavy atom. The summed E-state index contributed by atoms with van der Waals surface area (Å²) in [7, 11) is 0. The van der Waals surface area contributed by atoms with Gasteiger partial charge in [0, 0.05) is 36.8 Å². The summed E-state index contributed by atoms with van der Waals surface area (Å²) in [5, 5.41) is 0. The third-order valence-corrected chi connectivity index (χ3v) is 13.9. The zero-order valence-corrected chi connectivity index (χ0v) is 26.2. The maximum absolute atomic E-state index is 13.9. The highest BCUT2D eigenvalue weighted by atomic mass is 16.2. The van der Waals surface area contributed by atoms with Gasteiger partial charge in [0.2, 0.25) is 23.6 Å². The van der Waals surface area contributed by atoms with E-state index in [1.54, 1.807) is 9.80 Å². The summed E-state index contributed by atoms with van der Waals surface area (Å²) in [4.78, 5) is 58.8. The number of fused-ring (bicyclic) bond motifs is 2. The first-order valence-corrected chi connectivity index (χ1v) is 18.2. The second-order valence-electron chi connectivity index (χ2n) is 15.5. The number of carbonyl (C=O) groups is 4. The fraction of sp³-hybridized carbons (Fsp3) is 0.889. The van der Waals surface area contributed by atoms with Crippen molar-refractivity contribution in [2.24, 2.45) is 71.0 Å². The Morgan fingerprint density at radius 2 is 0.738 bits per heavy atom. The molecule has 0 bridgehead atoms. The van der Waals surface area contributed by atoms with E-state index in [4.69, 9.17) is 0 Å². The number of hydrogen-bond donors (Lipinski definition) is 0. The number of amides is 4. The van der Waals surface area contributed by atoms with Crippen molar-refractivity contribution in [3.63, 3.8) is 0 Å². The molecule has 6 nitrogen and oxygen atoms in total. The maximum atomic E-state index is 13.9. The van der Waals surface area contributed by atoms with E-state index in [1.165, 1.54) is 0 Å². The summed E-state index contributed by atoms with van der Waals surface area (Å²) in [5.74, 6) is 4.42. The van der Waals surface area contributed by atoms with Crippen molar-refractivity contribution in [2.75, 3.05) is 13.1 Å². The predicted octanol–water partition coefficient (Wildman–Crippen LogP) is 6.47. The van der Waals surface area contributed by atoms with E-state index in [2.05, 4.69) is 13.8 Å². The minimum Gasteiger partial charge on any atom is -0.282 e. The van der Waals surface area contributed by atoms with Crippen molar-refractivity contribution in [1.82, 2.24) is 9.80 Å². The van der Waals surface area contributed by atoms with Crippen LogP contribution in [-0.4, -0.2) is 46.5 Å². The average Bonchev–Trinajstić information content (AvgIpc) is 3.01. The molecule has 0 radical (unpaired) electrons. The van der Waals surface area contributed by atoms with Crippen LogP contribution in [0, 0.1) is 71.0 Å². The Kier molecular flexibility index (Phi) is 8.05. The van der Waals surface area contributed by atoms with Gasteiger partial charge in [-0.1, -0.05) is 52.4 Å². The van der Waals surface area contributed by atoms with Crippen LogP contribution in [0.4, 0.5) is 0 Å². The molecule has 7 fully saturated rings. The molecule has 8 atom stereocenters. The molecule has 5 saturated carbocycles. The second kappa shape index (κ2) is 11.7. The Morgan fingerprint density at radius 1 is 0.429 bits per heavy atom. The zero-order valence-electron chi connectivity index (χ0n) is 26.2. The van der Waals surface area contributed by atoms with Crippen LogP contribution in [0.3, 0.4) is 0 Å².